The number of nitrogens with zero attached hydrogens (tertiary/aromatic N) is 1. The molecule has 0 saturated heterocycles. The van der Waals surface area contributed by atoms with E-state index in [0.717, 1.165) is 30.8 Å². The van der Waals surface area contributed by atoms with E-state index in [0.29, 0.717) is 23.0 Å². The second-order valence-electron chi connectivity index (χ2n) is 6.30. The van der Waals surface area contributed by atoms with Crippen molar-refractivity contribution >= 4 is 5.78 Å². The number of allylic oxidation sites excluding steroid dienone is 2. The Bertz CT molecular complexity index is 368. The first kappa shape index (κ1) is 12.6. The summed E-state index contributed by atoms with van der Waals surface area (Å²) in [5.74, 6) is 1.49. The molecule has 2 rings (SSSR count). The Kier molecular flexibility index (Phi) is 3.06. The van der Waals surface area contributed by atoms with Crippen molar-refractivity contribution in [3.05, 3.63) is 11.3 Å². The number of Topliss-reactive ketones (excluding diaryl/α,β-unsaturated/α-hetero) is 1. The smallest absolute Gasteiger partial charge is 0.161 e. The molecule has 2 fully saturated rings. The van der Waals surface area contributed by atoms with Crippen molar-refractivity contribution in [2.45, 2.75) is 27.2 Å². The highest BCUT2D eigenvalue weighted by Crippen LogP contribution is 2.68. The molecule has 0 unspecified atom stereocenters. The van der Waals surface area contributed by atoms with Gasteiger partial charge in [-0.1, -0.05) is 13.8 Å². The molecule has 96 valence electrons. The van der Waals surface area contributed by atoms with Crippen LogP contribution in [0.1, 0.15) is 27.2 Å². The van der Waals surface area contributed by atoms with E-state index in [4.69, 9.17) is 0 Å². The lowest BCUT2D eigenvalue weighted by Gasteiger charge is -2.16. The third kappa shape index (κ3) is 2.13. The minimum absolute atomic E-state index is 0.355. The van der Waals surface area contributed by atoms with E-state index < -0.39 is 0 Å². The average molecular weight is 236 g/mol. The van der Waals surface area contributed by atoms with Crippen LogP contribution in [0.3, 0.4) is 0 Å². The first-order valence-electron chi connectivity index (χ1n) is 6.48. The van der Waals surface area contributed by atoms with E-state index >= 15 is 0 Å². The summed E-state index contributed by atoms with van der Waals surface area (Å²) in [7, 11) is 4.12. The van der Waals surface area contributed by atoms with Crippen LogP contribution in [0.2, 0.25) is 0 Å². The van der Waals surface area contributed by atoms with Crippen LogP contribution in [-0.2, 0) is 4.79 Å². The highest BCUT2D eigenvalue weighted by atomic mass is 16.1. The van der Waals surface area contributed by atoms with Gasteiger partial charge in [-0.3, -0.25) is 4.79 Å². The molecule has 0 aromatic carbocycles. The van der Waals surface area contributed by atoms with Crippen molar-refractivity contribution in [3.8, 4) is 0 Å². The number of likely N-dealkylation sites (N-methyl/N-ethyl adjacent to an activating group) is 1. The van der Waals surface area contributed by atoms with Crippen molar-refractivity contribution < 1.29 is 4.79 Å². The molecule has 2 atom stereocenters. The zero-order valence-electron chi connectivity index (χ0n) is 11.6. The highest BCUT2D eigenvalue weighted by molar-refractivity contribution is 6.01. The highest BCUT2D eigenvalue weighted by Gasteiger charge is 2.65. The van der Waals surface area contributed by atoms with Crippen molar-refractivity contribution in [3.63, 3.8) is 0 Å². The predicted octanol–water partition coefficient (Wildman–Crippen LogP) is 1.66. The van der Waals surface area contributed by atoms with Gasteiger partial charge in [0.05, 0.1) is 0 Å². The van der Waals surface area contributed by atoms with Crippen LogP contribution in [0.5, 0.6) is 0 Å². The fourth-order valence-corrected chi connectivity index (χ4v) is 3.19. The molecule has 0 aromatic rings. The molecule has 0 aromatic heterocycles. The fourth-order valence-electron chi connectivity index (χ4n) is 3.19. The summed E-state index contributed by atoms with van der Waals surface area (Å²) in [5.41, 5.74) is 2.54. The molecule has 2 aliphatic rings. The zero-order chi connectivity index (χ0) is 12.8. The molecule has 0 aliphatic heterocycles. The molecule has 2 saturated carbocycles. The Morgan fingerprint density at radius 2 is 2.12 bits per heavy atom. The summed E-state index contributed by atoms with van der Waals surface area (Å²) in [6.45, 7) is 8.52. The number of fused-ring (bicyclic) bond motifs is 1. The van der Waals surface area contributed by atoms with Gasteiger partial charge >= 0.3 is 0 Å². The third-order valence-electron chi connectivity index (χ3n) is 4.42. The summed E-state index contributed by atoms with van der Waals surface area (Å²) >= 11 is 0. The number of nitrogens with one attached hydrogen (secondary N) is 1. The van der Waals surface area contributed by atoms with Gasteiger partial charge in [-0.25, -0.2) is 0 Å². The van der Waals surface area contributed by atoms with E-state index in [9.17, 15) is 4.79 Å². The molecular weight excluding hydrogens is 212 g/mol. The fraction of sp³-hybridized carbons (Fsp3) is 0.786. The number of rotatable bonds is 4. The van der Waals surface area contributed by atoms with Gasteiger partial charge in [0.25, 0.3) is 0 Å². The van der Waals surface area contributed by atoms with Crippen LogP contribution < -0.4 is 5.32 Å². The first-order valence-corrected chi connectivity index (χ1v) is 6.48. The molecule has 1 N–H and O–H groups in total. The predicted molar refractivity (Wildman–Crippen MR) is 69.6 cm³/mol. The largest absolute Gasteiger partial charge is 0.387 e. The standard InChI is InChI=1S/C14H24N2O/c1-9(15-6-7-16(4)5)12-11(17)8-10-13(12)14(10,2)3/h10,13,15H,6-8H2,1-5H3/b12-9+/t10-,13-/m1/s1. The maximum atomic E-state index is 11.9. The number of hydrogen-bond acceptors (Lipinski definition) is 3. The minimum atomic E-state index is 0.355. The van der Waals surface area contributed by atoms with Crippen molar-refractivity contribution in [1.82, 2.24) is 10.2 Å². The Hall–Kier alpha value is -0.830. The lowest BCUT2D eigenvalue weighted by Crippen LogP contribution is -2.27. The summed E-state index contributed by atoms with van der Waals surface area (Å²) in [5, 5.41) is 3.40. The molecule has 0 spiro atoms. The van der Waals surface area contributed by atoms with Crippen LogP contribution >= 0.6 is 0 Å². The van der Waals surface area contributed by atoms with E-state index in [-0.39, 0.29) is 0 Å². The molecule has 2 aliphatic carbocycles. The number of carbonyl (C=O) groups excluding carboxylic acids is 1. The van der Waals surface area contributed by atoms with Crippen LogP contribution in [0.25, 0.3) is 0 Å². The summed E-state index contributed by atoms with van der Waals surface area (Å²) in [6.07, 6.45) is 0.764. The molecule has 3 heteroatoms. The van der Waals surface area contributed by atoms with Gasteiger partial charge < -0.3 is 10.2 Å². The monoisotopic (exact) mass is 236 g/mol. The third-order valence-corrected chi connectivity index (χ3v) is 4.42. The lowest BCUT2D eigenvalue weighted by molar-refractivity contribution is -0.115. The van der Waals surface area contributed by atoms with Crippen LogP contribution in [0.15, 0.2) is 11.3 Å². The summed E-state index contributed by atoms with van der Waals surface area (Å²) in [6, 6.07) is 0. The lowest BCUT2D eigenvalue weighted by atomic mass is 9.95. The number of hydrogen-bond donors (Lipinski definition) is 1. The van der Waals surface area contributed by atoms with Gasteiger partial charge in [-0.2, -0.15) is 0 Å². The van der Waals surface area contributed by atoms with Gasteiger partial charge in [0.1, 0.15) is 0 Å². The van der Waals surface area contributed by atoms with Crippen LogP contribution in [-0.4, -0.2) is 37.9 Å². The first-order chi connectivity index (χ1) is 7.85. The number of carbonyl (C=O) groups is 1. The van der Waals surface area contributed by atoms with Gasteiger partial charge in [0, 0.05) is 30.8 Å². The molecule has 0 heterocycles. The molecule has 0 amide bonds. The van der Waals surface area contributed by atoms with Gasteiger partial charge in [0.15, 0.2) is 5.78 Å². The van der Waals surface area contributed by atoms with Crippen molar-refractivity contribution in [1.29, 1.82) is 0 Å². The Balaban J connectivity index is 2.02. The SMILES string of the molecule is C/C(NCCN(C)C)=C1/C(=O)C[C@@H]2[C@H]1C2(C)C. The van der Waals surface area contributed by atoms with E-state index in [1.807, 2.05) is 0 Å². The Morgan fingerprint density at radius 3 is 2.65 bits per heavy atom. The summed E-state index contributed by atoms with van der Waals surface area (Å²) in [4.78, 5) is 14.1. The second-order valence-corrected chi connectivity index (χ2v) is 6.30. The normalized spacial score (nSPS) is 32.7. The van der Waals surface area contributed by atoms with Crippen LogP contribution in [0, 0.1) is 17.3 Å². The van der Waals surface area contributed by atoms with Crippen LogP contribution in [0.4, 0.5) is 0 Å². The van der Waals surface area contributed by atoms with Crippen molar-refractivity contribution in [2.75, 3.05) is 27.2 Å². The van der Waals surface area contributed by atoms with Gasteiger partial charge in [-0.05, 0) is 38.3 Å². The molecule has 17 heavy (non-hydrogen) atoms. The quantitative estimate of drug-likeness (QED) is 0.753. The molecule has 0 bridgehead atoms. The number of ketones is 1. The minimum Gasteiger partial charge on any atom is -0.387 e. The van der Waals surface area contributed by atoms with Gasteiger partial charge in [-0.15, -0.1) is 0 Å². The topological polar surface area (TPSA) is 32.3 Å². The van der Waals surface area contributed by atoms with Gasteiger partial charge in [0.2, 0.25) is 0 Å². The molecule has 3 nitrogen and oxygen atoms in total. The van der Waals surface area contributed by atoms with E-state index in [1.54, 1.807) is 0 Å². The molecule has 0 radical (unpaired) electrons. The van der Waals surface area contributed by atoms with E-state index in [2.05, 4.69) is 45.1 Å². The molecular formula is C14H24N2O. The Labute approximate surface area is 104 Å². The van der Waals surface area contributed by atoms with Crippen molar-refractivity contribution in [2.24, 2.45) is 17.3 Å². The maximum absolute atomic E-state index is 11.9. The average Bonchev–Trinajstić information content (AvgIpc) is 2.58. The second kappa shape index (κ2) is 4.13. The van der Waals surface area contributed by atoms with E-state index in [1.165, 1.54) is 0 Å². The zero-order valence-corrected chi connectivity index (χ0v) is 11.6. The summed E-state index contributed by atoms with van der Waals surface area (Å²) < 4.78 is 0. The Morgan fingerprint density at radius 1 is 1.47 bits per heavy atom. The maximum Gasteiger partial charge on any atom is 0.161 e.